The molecule has 2 amide bonds. The van der Waals surface area contributed by atoms with E-state index in [1.54, 1.807) is 34.9 Å². The number of hydrogen-bond acceptors (Lipinski definition) is 5. The molecule has 0 saturated carbocycles. The van der Waals surface area contributed by atoms with Crippen LogP contribution in [0.25, 0.3) is 0 Å². The topological polar surface area (TPSA) is 107 Å². The van der Waals surface area contributed by atoms with Crippen molar-refractivity contribution in [3.05, 3.63) is 51.9 Å². The smallest absolute Gasteiger partial charge is 0.254 e. The van der Waals surface area contributed by atoms with Crippen LogP contribution in [0, 0.1) is 0 Å². The van der Waals surface area contributed by atoms with E-state index in [0.717, 1.165) is 5.69 Å². The van der Waals surface area contributed by atoms with Crippen LogP contribution in [0.15, 0.2) is 40.3 Å². The van der Waals surface area contributed by atoms with Gasteiger partial charge in [-0.15, -0.1) is 0 Å². The van der Waals surface area contributed by atoms with E-state index < -0.39 is 5.91 Å². The van der Waals surface area contributed by atoms with Gasteiger partial charge in [0.1, 0.15) is 0 Å². The van der Waals surface area contributed by atoms with Crippen molar-refractivity contribution in [1.82, 2.24) is 9.55 Å². The highest BCUT2D eigenvalue weighted by Gasteiger charge is 2.28. The molecule has 136 valence electrons. The lowest BCUT2D eigenvalue weighted by molar-refractivity contribution is -0.116. The SMILES string of the molecule is CC(C)c1cc(=O)n2c(n1)SC[C@@H]2CC(=O)Nc1ccc(C(N)=O)cc1. The minimum atomic E-state index is -0.518. The van der Waals surface area contributed by atoms with E-state index in [9.17, 15) is 14.4 Å². The average Bonchev–Trinajstić information content (AvgIpc) is 2.98. The van der Waals surface area contributed by atoms with Gasteiger partial charge < -0.3 is 11.1 Å². The number of nitrogens with zero attached hydrogens (tertiary/aromatic N) is 2. The molecule has 0 bridgehead atoms. The Kier molecular flexibility index (Phi) is 5.13. The summed E-state index contributed by atoms with van der Waals surface area (Å²) in [5.41, 5.74) is 6.80. The molecule has 2 heterocycles. The van der Waals surface area contributed by atoms with Gasteiger partial charge in [0.2, 0.25) is 11.8 Å². The van der Waals surface area contributed by atoms with Gasteiger partial charge in [0.05, 0.1) is 11.7 Å². The van der Waals surface area contributed by atoms with Crippen molar-refractivity contribution in [3.8, 4) is 0 Å². The van der Waals surface area contributed by atoms with E-state index in [0.29, 0.717) is 22.2 Å². The number of anilines is 1. The predicted molar refractivity (Wildman–Crippen MR) is 101 cm³/mol. The first-order chi connectivity index (χ1) is 12.3. The molecule has 0 unspecified atom stereocenters. The van der Waals surface area contributed by atoms with Gasteiger partial charge in [0.25, 0.3) is 5.56 Å². The van der Waals surface area contributed by atoms with Gasteiger partial charge in [-0.3, -0.25) is 19.0 Å². The van der Waals surface area contributed by atoms with E-state index in [1.807, 2.05) is 13.8 Å². The molecule has 1 atom stereocenters. The zero-order valence-corrected chi connectivity index (χ0v) is 15.4. The number of primary amides is 1. The highest BCUT2D eigenvalue weighted by Crippen LogP contribution is 2.32. The zero-order chi connectivity index (χ0) is 18.8. The molecule has 1 aliphatic heterocycles. The van der Waals surface area contributed by atoms with Gasteiger partial charge in [-0.25, -0.2) is 4.98 Å². The number of nitrogens with two attached hydrogens (primary N) is 1. The second kappa shape index (κ2) is 7.33. The van der Waals surface area contributed by atoms with Crippen LogP contribution in [0.3, 0.4) is 0 Å². The van der Waals surface area contributed by atoms with Crippen LogP contribution in [0.1, 0.15) is 48.3 Å². The van der Waals surface area contributed by atoms with E-state index in [1.165, 1.54) is 11.8 Å². The fourth-order valence-corrected chi connectivity index (χ4v) is 3.92. The van der Waals surface area contributed by atoms with Crippen LogP contribution in [0.5, 0.6) is 0 Å². The summed E-state index contributed by atoms with van der Waals surface area (Å²) in [6.45, 7) is 3.99. The van der Waals surface area contributed by atoms with E-state index in [-0.39, 0.29) is 29.8 Å². The molecule has 3 rings (SSSR count). The zero-order valence-electron chi connectivity index (χ0n) is 14.6. The van der Waals surface area contributed by atoms with Crippen molar-refractivity contribution < 1.29 is 9.59 Å². The van der Waals surface area contributed by atoms with Crippen LogP contribution in [0.4, 0.5) is 5.69 Å². The maximum atomic E-state index is 12.4. The molecule has 2 aromatic rings. The first kappa shape index (κ1) is 18.2. The predicted octanol–water partition coefficient (Wildman–Crippen LogP) is 2.14. The van der Waals surface area contributed by atoms with Gasteiger partial charge in [0.15, 0.2) is 5.16 Å². The van der Waals surface area contributed by atoms with Crippen LogP contribution in [-0.4, -0.2) is 27.1 Å². The van der Waals surface area contributed by atoms with Crippen LogP contribution >= 0.6 is 11.8 Å². The Hall–Kier alpha value is -2.61. The number of hydrogen-bond donors (Lipinski definition) is 2. The lowest BCUT2D eigenvalue weighted by atomic mass is 10.1. The summed E-state index contributed by atoms with van der Waals surface area (Å²) in [6, 6.07) is 7.69. The first-order valence-electron chi connectivity index (χ1n) is 8.31. The third kappa shape index (κ3) is 3.80. The van der Waals surface area contributed by atoms with Crippen molar-refractivity contribution >= 4 is 29.3 Å². The summed E-state index contributed by atoms with van der Waals surface area (Å²) in [7, 11) is 0. The lowest BCUT2D eigenvalue weighted by Gasteiger charge is -2.14. The highest BCUT2D eigenvalue weighted by atomic mass is 32.2. The van der Waals surface area contributed by atoms with Crippen molar-refractivity contribution in [2.75, 3.05) is 11.1 Å². The van der Waals surface area contributed by atoms with Crippen molar-refractivity contribution in [3.63, 3.8) is 0 Å². The minimum Gasteiger partial charge on any atom is -0.366 e. The van der Waals surface area contributed by atoms with E-state index in [4.69, 9.17) is 5.73 Å². The summed E-state index contributed by atoms with van der Waals surface area (Å²) in [5.74, 6) is 0.0998. The molecule has 0 fully saturated rings. The lowest BCUT2D eigenvalue weighted by Crippen LogP contribution is -2.28. The summed E-state index contributed by atoms with van der Waals surface area (Å²) < 4.78 is 1.60. The van der Waals surface area contributed by atoms with Gasteiger partial charge in [-0.2, -0.15) is 0 Å². The molecule has 1 aliphatic rings. The van der Waals surface area contributed by atoms with Gasteiger partial charge in [-0.05, 0) is 30.2 Å². The highest BCUT2D eigenvalue weighted by molar-refractivity contribution is 7.99. The standard InChI is InChI=1S/C18H20N4O3S/c1-10(2)14-8-16(24)22-13(9-26-18(22)21-14)7-15(23)20-12-5-3-11(4-6-12)17(19)25/h3-6,8,10,13H,7,9H2,1-2H3,(H2,19,25)(H,20,23)/t13-/m0/s1. The number of benzene rings is 1. The van der Waals surface area contributed by atoms with Crippen molar-refractivity contribution in [2.24, 2.45) is 5.73 Å². The second-order valence-electron chi connectivity index (χ2n) is 6.49. The molecular formula is C18H20N4O3S. The summed E-state index contributed by atoms with van der Waals surface area (Å²) in [5, 5.41) is 3.45. The Morgan fingerprint density at radius 2 is 2.04 bits per heavy atom. The third-order valence-corrected chi connectivity index (χ3v) is 5.27. The number of carbonyl (C=O) groups excluding carboxylic acids is 2. The number of fused-ring (bicyclic) bond motifs is 1. The largest absolute Gasteiger partial charge is 0.366 e. The Morgan fingerprint density at radius 3 is 2.65 bits per heavy atom. The second-order valence-corrected chi connectivity index (χ2v) is 7.47. The van der Waals surface area contributed by atoms with Crippen LogP contribution in [-0.2, 0) is 4.79 Å². The Bertz CT molecular complexity index is 906. The molecular weight excluding hydrogens is 352 g/mol. The molecule has 0 radical (unpaired) electrons. The molecule has 26 heavy (non-hydrogen) atoms. The Morgan fingerprint density at radius 1 is 1.35 bits per heavy atom. The molecule has 0 spiro atoms. The summed E-state index contributed by atoms with van der Waals surface area (Å²) >= 11 is 1.50. The quantitative estimate of drug-likeness (QED) is 0.782. The third-order valence-electron chi connectivity index (χ3n) is 4.18. The van der Waals surface area contributed by atoms with Crippen LogP contribution < -0.4 is 16.6 Å². The van der Waals surface area contributed by atoms with Gasteiger partial charge in [0, 0.05) is 29.5 Å². The first-order valence-corrected chi connectivity index (χ1v) is 9.29. The number of aromatic nitrogens is 2. The number of carbonyl (C=O) groups is 2. The molecule has 1 aromatic heterocycles. The minimum absolute atomic E-state index is 0.118. The summed E-state index contributed by atoms with van der Waals surface area (Å²) in [6.07, 6.45) is 0.181. The normalized spacial score (nSPS) is 15.7. The van der Waals surface area contributed by atoms with Crippen molar-refractivity contribution in [1.29, 1.82) is 0 Å². The number of thioether (sulfide) groups is 1. The van der Waals surface area contributed by atoms with E-state index >= 15 is 0 Å². The molecule has 1 aromatic carbocycles. The van der Waals surface area contributed by atoms with Crippen LogP contribution in [0.2, 0.25) is 0 Å². The monoisotopic (exact) mass is 372 g/mol. The van der Waals surface area contributed by atoms with Gasteiger partial charge in [-0.1, -0.05) is 25.6 Å². The fourth-order valence-electron chi connectivity index (χ4n) is 2.76. The average molecular weight is 372 g/mol. The van der Waals surface area contributed by atoms with Crippen molar-refractivity contribution in [2.45, 2.75) is 37.4 Å². The molecule has 0 saturated heterocycles. The molecule has 0 aliphatic carbocycles. The summed E-state index contributed by atoms with van der Waals surface area (Å²) in [4.78, 5) is 40.4. The molecule has 7 nitrogen and oxygen atoms in total. The maximum absolute atomic E-state index is 12.4. The molecule has 3 N–H and O–H groups in total. The number of nitrogens with one attached hydrogen (secondary N) is 1. The number of amides is 2. The molecule has 8 heteroatoms. The van der Waals surface area contributed by atoms with E-state index in [2.05, 4.69) is 10.3 Å². The Balaban J connectivity index is 1.70. The number of rotatable bonds is 5. The Labute approximate surface area is 155 Å². The maximum Gasteiger partial charge on any atom is 0.254 e. The fraction of sp³-hybridized carbons (Fsp3) is 0.333. The van der Waals surface area contributed by atoms with Gasteiger partial charge >= 0.3 is 0 Å².